The van der Waals surface area contributed by atoms with E-state index in [0.29, 0.717) is 19.5 Å². The van der Waals surface area contributed by atoms with Gasteiger partial charge in [0.1, 0.15) is 0 Å². The van der Waals surface area contributed by atoms with Gasteiger partial charge in [-0.3, -0.25) is 4.79 Å². The topological polar surface area (TPSA) is 46.3 Å². The molecule has 1 fully saturated rings. The van der Waals surface area contributed by atoms with Gasteiger partial charge in [-0.15, -0.1) is 12.4 Å². The van der Waals surface area contributed by atoms with Crippen molar-refractivity contribution in [2.75, 3.05) is 6.54 Å². The molecule has 1 heterocycles. The van der Waals surface area contributed by atoms with Gasteiger partial charge in [0.25, 0.3) is 0 Å². The van der Waals surface area contributed by atoms with Crippen LogP contribution in [0.25, 0.3) is 0 Å². The summed E-state index contributed by atoms with van der Waals surface area (Å²) in [5.41, 5.74) is 6.87. The number of hydrogen-bond donors (Lipinski definition) is 1. The number of benzene rings is 1. The summed E-state index contributed by atoms with van der Waals surface area (Å²) < 4.78 is 0. The molecule has 1 aliphatic rings. The fraction of sp³-hybridized carbons (Fsp3) is 0.364. The second-order valence-corrected chi connectivity index (χ2v) is 3.72. The smallest absolute Gasteiger partial charge is 0.224 e. The second-order valence-electron chi connectivity index (χ2n) is 3.72. The molecule has 1 aromatic rings. The van der Waals surface area contributed by atoms with E-state index < -0.39 is 0 Å². The lowest BCUT2D eigenvalue weighted by atomic mass is 10.2. The largest absolute Gasteiger partial charge is 0.337 e. The summed E-state index contributed by atoms with van der Waals surface area (Å²) in [5, 5.41) is 0. The molecule has 0 saturated carbocycles. The van der Waals surface area contributed by atoms with Gasteiger partial charge in [-0.05, 0) is 5.56 Å². The number of amides is 1. The Morgan fingerprint density at radius 2 is 2.00 bits per heavy atom. The summed E-state index contributed by atoms with van der Waals surface area (Å²) in [7, 11) is 0. The highest BCUT2D eigenvalue weighted by atomic mass is 35.5. The molecule has 15 heavy (non-hydrogen) atoms. The Kier molecular flexibility index (Phi) is 4.12. The van der Waals surface area contributed by atoms with Gasteiger partial charge in [-0.2, -0.15) is 0 Å². The van der Waals surface area contributed by atoms with E-state index in [4.69, 9.17) is 5.73 Å². The summed E-state index contributed by atoms with van der Waals surface area (Å²) in [6.07, 6.45) is 0.493. The lowest BCUT2D eigenvalue weighted by Gasteiger charge is -2.15. The van der Waals surface area contributed by atoms with Gasteiger partial charge in [0.05, 0.1) is 0 Å². The van der Waals surface area contributed by atoms with Gasteiger partial charge >= 0.3 is 0 Å². The van der Waals surface area contributed by atoms with Gasteiger partial charge in [0, 0.05) is 25.6 Å². The summed E-state index contributed by atoms with van der Waals surface area (Å²) in [5.74, 6) is 0.168. The molecule has 1 aliphatic heterocycles. The first kappa shape index (κ1) is 12.0. The third kappa shape index (κ3) is 2.94. The van der Waals surface area contributed by atoms with Crippen molar-refractivity contribution in [2.45, 2.75) is 19.0 Å². The maximum atomic E-state index is 11.4. The van der Waals surface area contributed by atoms with E-state index in [2.05, 4.69) is 0 Å². The predicted octanol–water partition coefficient (Wildman–Crippen LogP) is 1.17. The summed E-state index contributed by atoms with van der Waals surface area (Å²) >= 11 is 0. The van der Waals surface area contributed by atoms with Crippen molar-refractivity contribution in [3.8, 4) is 0 Å². The number of nitrogens with two attached hydrogens (primary N) is 1. The van der Waals surface area contributed by atoms with E-state index in [9.17, 15) is 4.79 Å². The molecule has 82 valence electrons. The minimum atomic E-state index is 0. The molecule has 0 aliphatic carbocycles. The minimum Gasteiger partial charge on any atom is -0.337 e. The van der Waals surface area contributed by atoms with E-state index in [1.807, 2.05) is 35.2 Å². The molecule has 3 nitrogen and oxygen atoms in total. The van der Waals surface area contributed by atoms with Crippen molar-refractivity contribution < 1.29 is 4.79 Å². The molecular weight excluding hydrogens is 212 g/mol. The maximum absolute atomic E-state index is 11.4. The Morgan fingerprint density at radius 1 is 1.33 bits per heavy atom. The molecule has 0 spiro atoms. The van der Waals surface area contributed by atoms with E-state index in [1.54, 1.807) is 0 Å². The number of rotatable bonds is 2. The van der Waals surface area contributed by atoms with Crippen LogP contribution in [-0.4, -0.2) is 23.4 Å². The Labute approximate surface area is 95.7 Å². The van der Waals surface area contributed by atoms with Crippen molar-refractivity contribution in [1.29, 1.82) is 0 Å². The number of nitrogens with zero attached hydrogens (tertiary/aromatic N) is 1. The monoisotopic (exact) mass is 226 g/mol. The molecule has 1 atom stereocenters. The van der Waals surface area contributed by atoms with Gasteiger partial charge in [0.15, 0.2) is 0 Å². The molecule has 0 aromatic heterocycles. The van der Waals surface area contributed by atoms with Crippen molar-refractivity contribution in [2.24, 2.45) is 5.73 Å². The first-order chi connectivity index (χ1) is 6.75. The van der Waals surface area contributed by atoms with Crippen LogP contribution in [0, 0.1) is 0 Å². The van der Waals surface area contributed by atoms with Gasteiger partial charge in [-0.25, -0.2) is 0 Å². The van der Waals surface area contributed by atoms with Gasteiger partial charge in [0.2, 0.25) is 5.91 Å². The summed E-state index contributed by atoms with van der Waals surface area (Å²) in [6.45, 7) is 1.38. The van der Waals surface area contributed by atoms with Crippen LogP contribution in [0.3, 0.4) is 0 Å². The average Bonchev–Trinajstić information content (AvgIpc) is 2.47. The highest BCUT2D eigenvalue weighted by Gasteiger charge is 2.26. The lowest BCUT2D eigenvalue weighted by molar-refractivity contribution is -0.128. The third-order valence-electron chi connectivity index (χ3n) is 2.46. The Balaban J connectivity index is 0.00000112. The Hall–Kier alpha value is -1.06. The van der Waals surface area contributed by atoms with Crippen LogP contribution in [0.15, 0.2) is 30.3 Å². The predicted molar refractivity (Wildman–Crippen MR) is 61.7 cm³/mol. The number of halogens is 1. The van der Waals surface area contributed by atoms with Crippen LogP contribution in [0.5, 0.6) is 0 Å². The molecule has 1 saturated heterocycles. The normalized spacial score (nSPS) is 20.2. The van der Waals surface area contributed by atoms with E-state index >= 15 is 0 Å². The number of hydrogen-bond acceptors (Lipinski definition) is 2. The van der Waals surface area contributed by atoms with Crippen LogP contribution >= 0.6 is 12.4 Å². The highest BCUT2D eigenvalue weighted by Crippen LogP contribution is 2.13. The van der Waals surface area contributed by atoms with E-state index in [-0.39, 0.29) is 24.4 Å². The highest BCUT2D eigenvalue weighted by molar-refractivity contribution is 5.85. The minimum absolute atomic E-state index is 0. The molecular formula is C11H15ClN2O. The van der Waals surface area contributed by atoms with E-state index in [1.165, 1.54) is 0 Å². The zero-order chi connectivity index (χ0) is 9.97. The maximum Gasteiger partial charge on any atom is 0.224 e. The Morgan fingerprint density at radius 3 is 2.53 bits per heavy atom. The molecule has 2 rings (SSSR count). The molecule has 1 amide bonds. The average molecular weight is 227 g/mol. The first-order valence-electron chi connectivity index (χ1n) is 4.83. The van der Waals surface area contributed by atoms with Crippen LogP contribution in [0.1, 0.15) is 12.0 Å². The van der Waals surface area contributed by atoms with Crippen LogP contribution < -0.4 is 5.73 Å². The van der Waals surface area contributed by atoms with Crippen molar-refractivity contribution in [3.05, 3.63) is 35.9 Å². The summed E-state index contributed by atoms with van der Waals surface area (Å²) in [4.78, 5) is 13.3. The zero-order valence-electron chi connectivity index (χ0n) is 8.43. The van der Waals surface area contributed by atoms with E-state index in [0.717, 1.165) is 5.56 Å². The molecule has 4 heteroatoms. The first-order valence-corrected chi connectivity index (χ1v) is 4.83. The third-order valence-corrected chi connectivity index (χ3v) is 2.46. The van der Waals surface area contributed by atoms with Crippen LogP contribution in [0.2, 0.25) is 0 Å². The molecule has 2 N–H and O–H groups in total. The van der Waals surface area contributed by atoms with Crippen molar-refractivity contribution >= 4 is 18.3 Å². The summed E-state index contributed by atoms with van der Waals surface area (Å²) in [6, 6.07) is 10.0. The fourth-order valence-corrected chi connectivity index (χ4v) is 1.76. The molecule has 0 unspecified atom stereocenters. The quantitative estimate of drug-likeness (QED) is 0.823. The number of likely N-dealkylation sites (tertiary alicyclic amines) is 1. The van der Waals surface area contributed by atoms with Gasteiger partial charge in [-0.1, -0.05) is 30.3 Å². The standard InChI is InChI=1S/C11H14N2O.ClH/c12-10-6-11(14)13(8-10)7-9-4-2-1-3-5-9;/h1-5,10H,6-8,12H2;1H/t10-;/m0./s1. The number of carbonyl (C=O) groups is 1. The zero-order valence-corrected chi connectivity index (χ0v) is 9.24. The number of carbonyl (C=O) groups excluding carboxylic acids is 1. The van der Waals surface area contributed by atoms with Crippen LogP contribution in [0.4, 0.5) is 0 Å². The molecule has 0 radical (unpaired) electrons. The second kappa shape index (κ2) is 5.14. The molecule has 1 aromatic carbocycles. The van der Waals surface area contributed by atoms with Crippen molar-refractivity contribution in [3.63, 3.8) is 0 Å². The van der Waals surface area contributed by atoms with Crippen molar-refractivity contribution in [1.82, 2.24) is 4.90 Å². The van der Waals surface area contributed by atoms with Crippen LogP contribution in [-0.2, 0) is 11.3 Å². The Bertz CT molecular complexity index is 329. The lowest BCUT2D eigenvalue weighted by Crippen LogP contribution is -2.27. The van der Waals surface area contributed by atoms with Gasteiger partial charge < -0.3 is 10.6 Å². The SMILES string of the molecule is Cl.N[C@H]1CC(=O)N(Cc2ccccc2)C1. The molecule has 0 bridgehead atoms. The fourth-order valence-electron chi connectivity index (χ4n) is 1.76.